The van der Waals surface area contributed by atoms with Gasteiger partial charge in [0.1, 0.15) is 0 Å². The third-order valence-corrected chi connectivity index (χ3v) is 4.70. The Bertz CT molecular complexity index is 633. The van der Waals surface area contributed by atoms with Crippen LogP contribution in [0.4, 0.5) is 5.69 Å². The van der Waals surface area contributed by atoms with Gasteiger partial charge in [0.05, 0.1) is 17.4 Å². The van der Waals surface area contributed by atoms with E-state index in [0.29, 0.717) is 12.0 Å². The van der Waals surface area contributed by atoms with Gasteiger partial charge in [-0.3, -0.25) is 5.01 Å². The molecule has 2 aromatic rings. The van der Waals surface area contributed by atoms with Gasteiger partial charge in [-0.25, -0.2) is 0 Å². The number of hydrogen-bond acceptors (Lipinski definition) is 2. The van der Waals surface area contributed by atoms with Gasteiger partial charge in [0.25, 0.3) is 0 Å². The minimum absolute atomic E-state index is 0.538. The molecular weight excluding hydrogens is 256 g/mol. The Morgan fingerprint density at radius 2 is 1.48 bits per heavy atom. The number of hydrogen-bond donors (Lipinski definition) is 0. The topological polar surface area (TPSA) is 15.6 Å². The van der Waals surface area contributed by atoms with Crippen molar-refractivity contribution >= 4 is 11.4 Å². The summed E-state index contributed by atoms with van der Waals surface area (Å²) in [5, 5.41) is 7.29. The monoisotopic (exact) mass is 276 g/mol. The van der Waals surface area contributed by atoms with Gasteiger partial charge in [-0.1, -0.05) is 61.4 Å². The maximum atomic E-state index is 5.02. The van der Waals surface area contributed by atoms with Crippen molar-refractivity contribution in [3.8, 4) is 0 Å². The van der Waals surface area contributed by atoms with Crippen LogP contribution in [0.5, 0.6) is 0 Å². The molecule has 21 heavy (non-hydrogen) atoms. The molecule has 0 N–H and O–H groups in total. The number of rotatable bonds is 2. The minimum atomic E-state index is 0.538. The molecule has 4 rings (SSSR count). The smallest absolute Gasteiger partial charge is 0.0734 e. The Labute approximate surface area is 126 Å². The normalized spacial score (nSPS) is 24.6. The lowest BCUT2D eigenvalue weighted by Gasteiger charge is -2.31. The fourth-order valence-corrected chi connectivity index (χ4v) is 3.70. The molecule has 0 aromatic heterocycles. The lowest BCUT2D eigenvalue weighted by Crippen LogP contribution is -2.36. The second-order valence-electron chi connectivity index (χ2n) is 5.99. The highest BCUT2D eigenvalue weighted by atomic mass is 15.5. The van der Waals surface area contributed by atoms with Gasteiger partial charge in [0, 0.05) is 5.92 Å². The van der Waals surface area contributed by atoms with E-state index in [1.165, 1.54) is 42.6 Å². The van der Waals surface area contributed by atoms with Gasteiger partial charge in [0.15, 0.2) is 0 Å². The highest BCUT2D eigenvalue weighted by Gasteiger charge is 2.39. The Hall–Kier alpha value is -2.09. The van der Waals surface area contributed by atoms with Gasteiger partial charge >= 0.3 is 0 Å². The van der Waals surface area contributed by atoms with E-state index in [-0.39, 0.29) is 0 Å². The van der Waals surface area contributed by atoms with Crippen LogP contribution in [0.15, 0.2) is 65.8 Å². The summed E-state index contributed by atoms with van der Waals surface area (Å²) in [4.78, 5) is 0. The van der Waals surface area contributed by atoms with Crippen LogP contribution >= 0.6 is 0 Å². The predicted molar refractivity (Wildman–Crippen MR) is 87.6 cm³/mol. The second-order valence-corrected chi connectivity index (χ2v) is 5.99. The fourth-order valence-electron chi connectivity index (χ4n) is 3.70. The molecule has 1 aliphatic carbocycles. The maximum Gasteiger partial charge on any atom is 0.0734 e. The zero-order chi connectivity index (χ0) is 14.1. The zero-order valence-corrected chi connectivity index (χ0v) is 12.2. The largest absolute Gasteiger partial charge is 0.262 e. The van der Waals surface area contributed by atoms with Crippen LogP contribution < -0.4 is 5.01 Å². The average molecular weight is 276 g/mol. The van der Waals surface area contributed by atoms with Gasteiger partial charge in [-0.15, -0.1) is 0 Å². The zero-order valence-electron chi connectivity index (χ0n) is 12.2. The lowest BCUT2D eigenvalue weighted by atomic mass is 9.80. The molecule has 1 saturated carbocycles. The maximum absolute atomic E-state index is 5.02. The van der Waals surface area contributed by atoms with E-state index < -0.39 is 0 Å². The first-order valence-electron chi connectivity index (χ1n) is 7.92. The summed E-state index contributed by atoms with van der Waals surface area (Å²) in [6, 6.07) is 21.8. The molecule has 2 unspecified atom stereocenters. The summed E-state index contributed by atoms with van der Waals surface area (Å²) >= 11 is 0. The van der Waals surface area contributed by atoms with Crippen LogP contribution in [0.1, 0.15) is 31.2 Å². The van der Waals surface area contributed by atoms with E-state index in [4.69, 9.17) is 5.10 Å². The minimum Gasteiger partial charge on any atom is -0.262 e. The number of nitrogens with zero attached hydrogens (tertiary/aromatic N) is 2. The van der Waals surface area contributed by atoms with Gasteiger partial charge in [0.2, 0.25) is 0 Å². The molecule has 2 aromatic carbocycles. The molecule has 0 saturated heterocycles. The van der Waals surface area contributed by atoms with Crippen LogP contribution in [0, 0.1) is 5.92 Å². The number of fused-ring (bicyclic) bond motifs is 1. The predicted octanol–water partition coefficient (Wildman–Crippen LogP) is 4.47. The van der Waals surface area contributed by atoms with Crippen LogP contribution in [0.3, 0.4) is 0 Å². The summed E-state index contributed by atoms with van der Waals surface area (Å²) < 4.78 is 0. The summed E-state index contributed by atoms with van der Waals surface area (Å²) in [5.41, 5.74) is 3.79. The Kier molecular flexibility index (Phi) is 3.23. The molecule has 2 atom stereocenters. The van der Waals surface area contributed by atoms with E-state index in [0.717, 1.165) is 0 Å². The van der Waals surface area contributed by atoms with Gasteiger partial charge in [-0.05, 0) is 30.5 Å². The molecule has 2 nitrogen and oxygen atoms in total. The van der Waals surface area contributed by atoms with Crippen molar-refractivity contribution in [2.75, 3.05) is 5.01 Å². The van der Waals surface area contributed by atoms with Gasteiger partial charge in [-0.2, -0.15) is 5.10 Å². The third kappa shape index (κ3) is 2.25. The highest BCUT2D eigenvalue weighted by Crippen LogP contribution is 2.38. The molecule has 0 amide bonds. The summed E-state index contributed by atoms with van der Waals surface area (Å²) in [7, 11) is 0. The molecule has 2 heteroatoms. The first-order valence-corrected chi connectivity index (χ1v) is 7.92. The first kappa shape index (κ1) is 12.6. The summed E-state index contributed by atoms with van der Waals surface area (Å²) in [6.07, 6.45) is 5.17. The highest BCUT2D eigenvalue weighted by molar-refractivity contribution is 6.05. The van der Waals surface area contributed by atoms with E-state index in [1.807, 2.05) is 0 Å². The molecule has 2 aliphatic rings. The Balaban J connectivity index is 1.75. The van der Waals surface area contributed by atoms with Crippen LogP contribution in [0.2, 0.25) is 0 Å². The van der Waals surface area contributed by atoms with E-state index in [1.54, 1.807) is 0 Å². The van der Waals surface area contributed by atoms with E-state index >= 15 is 0 Å². The molecule has 0 bridgehead atoms. The number of para-hydroxylation sites is 1. The molecule has 1 fully saturated rings. The Morgan fingerprint density at radius 1 is 0.810 bits per heavy atom. The van der Waals surface area contributed by atoms with Crippen molar-refractivity contribution in [1.29, 1.82) is 0 Å². The van der Waals surface area contributed by atoms with Crippen LogP contribution in [-0.2, 0) is 0 Å². The van der Waals surface area contributed by atoms with Crippen molar-refractivity contribution in [2.45, 2.75) is 31.7 Å². The Morgan fingerprint density at radius 3 is 2.24 bits per heavy atom. The van der Waals surface area contributed by atoms with Crippen LogP contribution in [-0.4, -0.2) is 11.8 Å². The number of benzene rings is 2. The van der Waals surface area contributed by atoms with Crippen molar-refractivity contribution in [3.63, 3.8) is 0 Å². The number of hydrazone groups is 1. The van der Waals surface area contributed by atoms with E-state index in [9.17, 15) is 0 Å². The SMILES string of the molecule is c1ccc(C2=NN(c3ccccc3)C3CCCCC23)cc1. The first-order chi connectivity index (χ1) is 10.4. The second kappa shape index (κ2) is 5.36. The quantitative estimate of drug-likeness (QED) is 0.790. The fraction of sp³-hybridized carbons (Fsp3) is 0.316. The molecule has 0 radical (unpaired) electrons. The summed E-state index contributed by atoms with van der Waals surface area (Å²) in [5.74, 6) is 0.585. The van der Waals surface area contributed by atoms with Crippen molar-refractivity contribution in [3.05, 3.63) is 66.2 Å². The molecule has 1 aliphatic heterocycles. The van der Waals surface area contributed by atoms with Gasteiger partial charge < -0.3 is 0 Å². The molecule has 1 heterocycles. The van der Waals surface area contributed by atoms with Crippen molar-refractivity contribution in [2.24, 2.45) is 11.0 Å². The van der Waals surface area contributed by atoms with Crippen LogP contribution in [0.25, 0.3) is 0 Å². The van der Waals surface area contributed by atoms with E-state index in [2.05, 4.69) is 65.7 Å². The standard InChI is InChI=1S/C19H20N2/c1-3-9-15(10-4-1)19-17-13-7-8-14-18(17)21(20-19)16-11-5-2-6-12-16/h1-6,9-12,17-18H,7-8,13-14H2. The molecular formula is C19H20N2. The third-order valence-electron chi connectivity index (χ3n) is 4.70. The van der Waals surface area contributed by atoms with Crippen molar-refractivity contribution < 1.29 is 0 Å². The number of anilines is 1. The average Bonchev–Trinajstić information content (AvgIpc) is 2.96. The van der Waals surface area contributed by atoms with Crippen molar-refractivity contribution in [1.82, 2.24) is 0 Å². The summed E-state index contributed by atoms with van der Waals surface area (Å²) in [6.45, 7) is 0. The molecule has 106 valence electrons. The lowest BCUT2D eigenvalue weighted by molar-refractivity contribution is 0.384. The molecule has 0 spiro atoms.